The van der Waals surface area contributed by atoms with Crippen molar-refractivity contribution >= 4 is 13.9 Å². The molecule has 0 radical (unpaired) electrons. The van der Waals surface area contributed by atoms with Crippen molar-refractivity contribution in [1.29, 1.82) is 0 Å². The molecule has 0 amide bonds. The minimum atomic E-state index is -4.48. The van der Waals surface area contributed by atoms with Crippen LogP contribution in [0.1, 0.15) is 57.5 Å². The van der Waals surface area contributed by atoms with Crippen molar-refractivity contribution in [2.24, 2.45) is 10.8 Å². The summed E-state index contributed by atoms with van der Waals surface area (Å²) in [5, 5.41) is -1.35. The summed E-state index contributed by atoms with van der Waals surface area (Å²) in [5.41, 5.74) is -0.303. The highest BCUT2D eigenvalue weighted by Crippen LogP contribution is 2.72. The molecule has 0 fully saturated rings. The minimum absolute atomic E-state index is 0.487. The summed E-state index contributed by atoms with van der Waals surface area (Å²) in [6.45, 7) is 11.0. The number of carbonyl (C=O) groups is 1. The van der Waals surface area contributed by atoms with Crippen molar-refractivity contribution in [1.82, 2.24) is 0 Å². The molecule has 0 atom stereocenters. The Balaban J connectivity index is 3.80. The molecule has 1 rings (SSSR count). The van der Waals surface area contributed by atoms with Crippen molar-refractivity contribution in [3.05, 3.63) is 35.4 Å². The summed E-state index contributed by atoms with van der Waals surface area (Å²) in [4.78, 5) is 31.2. The number of hydrogen-bond acceptors (Lipinski definition) is 2. The lowest BCUT2D eigenvalue weighted by Crippen LogP contribution is -2.50. The number of benzene rings is 1. The van der Waals surface area contributed by atoms with E-state index >= 15 is 0 Å². The molecule has 4 nitrogen and oxygen atoms in total. The fraction of sp³-hybridized carbons (Fsp3) is 0.562. The maximum Gasteiger partial charge on any atom is 0.337 e. The van der Waals surface area contributed by atoms with E-state index in [9.17, 15) is 19.1 Å². The molecule has 5 heteroatoms. The summed E-state index contributed by atoms with van der Waals surface area (Å²) in [6.07, 6.45) is 0.719. The largest absolute Gasteiger partial charge is 0.337 e. The van der Waals surface area contributed by atoms with E-state index in [4.69, 9.17) is 0 Å². The normalized spacial score (nSPS) is 14.1. The van der Waals surface area contributed by atoms with E-state index in [1.807, 2.05) is 41.5 Å². The first-order valence-corrected chi connectivity index (χ1v) is 8.51. The third-order valence-corrected chi connectivity index (χ3v) is 6.55. The maximum atomic E-state index is 12.5. The van der Waals surface area contributed by atoms with Crippen LogP contribution in [0.2, 0.25) is 0 Å². The van der Waals surface area contributed by atoms with Gasteiger partial charge in [-0.15, -0.1) is 0 Å². The number of aldehydes is 1. The second kappa shape index (κ2) is 5.35. The quantitative estimate of drug-likeness (QED) is 0.654. The van der Waals surface area contributed by atoms with Crippen LogP contribution < -0.4 is 0 Å². The van der Waals surface area contributed by atoms with Gasteiger partial charge in [0.2, 0.25) is 0 Å². The molecular formula is C16H25O4P. The summed E-state index contributed by atoms with van der Waals surface area (Å²) >= 11 is 0. The Kier molecular flexibility index (Phi) is 4.61. The standard InChI is InChI=1S/C16H25O4P/c1-14(2,3)16(15(4,5)6,21(18,19)20)13-9-7-12(11-17)8-10-13/h7-11H,1-6H3,(H2,18,19,20). The molecule has 0 heterocycles. The van der Waals surface area contributed by atoms with Crippen LogP contribution in [0.15, 0.2) is 24.3 Å². The highest BCUT2D eigenvalue weighted by Gasteiger charge is 2.62. The lowest BCUT2D eigenvalue weighted by atomic mass is 9.62. The van der Waals surface area contributed by atoms with Gasteiger partial charge in [-0.1, -0.05) is 65.8 Å². The Morgan fingerprint density at radius 1 is 0.905 bits per heavy atom. The van der Waals surface area contributed by atoms with Crippen LogP contribution in [-0.4, -0.2) is 16.1 Å². The first-order valence-electron chi connectivity index (χ1n) is 6.90. The summed E-state index contributed by atoms with van der Waals surface area (Å²) in [6, 6.07) is 6.51. The molecule has 1 aromatic rings. The molecule has 0 saturated carbocycles. The van der Waals surface area contributed by atoms with E-state index in [1.165, 1.54) is 0 Å². The van der Waals surface area contributed by atoms with E-state index in [0.717, 1.165) is 6.29 Å². The molecular weight excluding hydrogens is 287 g/mol. The lowest BCUT2D eigenvalue weighted by Gasteiger charge is -2.53. The number of rotatable bonds is 3. The van der Waals surface area contributed by atoms with E-state index in [1.54, 1.807) is 24.3 Å². The van der Waals surface area contributed by atoms with Crippen molar-refractivity contribution in [3.8, 4) is 0 Å². The van der Waals surface area contributed by atoms with E-state index in [0.29, 0.717) is 11.1 Å². The highest BCUT2D eigenvalue weighted by molar-refractivity contribution is 7.53. The molecule has 0 aliphatic carbocycles. The zero-order valence-electron chi connectivity index (χ0n) is 13.5. The molecule has 0 aromatic heterocycles. The zero-order valence-corrected chi connectivity index (χ0v) is 14.4. The molecule has 0 bridgehead atoms. The second-order valence-corrected chi connectivity index (χ2v) is 9.25. The Bertz CT molecular complexity index is 541. The van der Waals surface area contributed by atoms with Gasteiger partial charge in [0.1, 0.15) is 11.4 Å². The summed E-state index contributed by atoms with van der Waals surface area (Å²) < 4.78 is 12.5. The Labute approximate surface area is 126 Å². The van der Waals surface area contributed by atoms with Crippen molar-refractivity contribution in [2.45, 2.75) is 46.7 Å². The van der Waals surface area contributed by atoms with Crippen LogP contribution in [0.3, 0.4) is 0 Å². The Hall–Kier alpha value is -0.960. The smallest absolute Gasteiger partial charge is 0.324 e. The fourth-order valence-electron chi connectivity index (χ4n) is 3.84. The van der Waals surface area contributed by atoms with Gasteiger partial charge >= 0.3 is 7.60 Å². The predicted molar refractivity (Wildman–Crippen MR) is 84.5 cm³/mol. The average Bonchev–Trinajstić information content (AvgIpc) is 2.24. The van der Waals surface area contributed by atoms with Crippen LogP contribution in [0.5, 0.6) is 0 Å². The molecule has 21 heavy (non-hydrogen) atoms. The molecule has 1 aromatic carbocycles. The summed E-state index contributed by atoms with van der Waals surface area (Å²) in [5.74, 6) is 0. The van der Waals surface area contributed by atoms with Gasteiger partial charge in [0.05, 0.1) is 0 Å². The Morgan fingerprint density at radius 2 is 1.29 bits per heavy atom. The maximum absolute atomic E-state index is 12.5. The van der Waals surface area contributed by atoms with Gasteiger partial charge in [-0.25, -0.2) is 0 Å². The molecule has 0 aliphatic heterocycles. The van der Waals surface area contributed by atoms with Crippen LogP contribution in [-0.2, 0) is 9.72 Å². The van der Waals surface area contributed by atoms with Gasteiger partial charge in [-0.3, -0.25) is 9.36 Å². The third-order valence-electron chi connectivity index (χ3n) is 4.07. The van der Waals surface area contributed by atoms with Crippen LogP contribution in [0, 0.1) is 10.8 Å². The van der Waals surface area contributed by atoms with Gasteiger partial charge in [0, 0.05) is 5.56 Å². The van der Waals surface area contributed by atoms with Crippen molar-refractivity contribution in [3.63, 3.8) is 0 Å². The summed E-state index contributed by atoms with van der Waals surface area (Å²) in [7, 11) is -4.48. The predicted octanol–water partition coefficient (Wildman–Crippen LogP) is 3.96. The minimum Gasteiger partial charge on any atom is -0.324 e. The number of carbonyl (C=O) groups excluding carboxylic acids is 1. The second-order valence-electron chi connectivity index (χ2n) is 7.49. The monoisotopic (exact) mass is 312 g/mol. The van der Waals surface area contributed by atoms with Gasteiger partial charge < -0.3 is 9.79 Å². The van der Waals surface area contributed by atoms with Gasteiger partial charge in [0.15, 0.2) is 0 Å². The van der Waals surface area contributed by atoms with Gasteiger partial charge in [-0.05, 0) is 16.4 Å². The first kappa shape index (κ1) is 18.1. The molecule has 118 valence electrons. The Morgan fingerprint density at radius 3 is 1.52 bits per heavy atom. The highest BCUT2D eigenvalue weighted by atomic mass is 31.2. The van der Waals surface area contributed by atoms with Crippen LogP contribution >= 0.6 is 7.60 Å². The van der Waals surface area contributed by atoms with Crippen molar-refractivity contribution in [2.75, 3.05) is 0 Å². The first-order chi connectivity index (χ1) is 9.29. The molecule has 2 N–H and O–H groups in total. The number of hydrogen-bond donors (Lipinski definition) is 2. The molecule has 0 saturated heterocycles. The van der Waals surface area contributed by atoms with E-state index in [-0.39, 0.29) is 0 Å². The third kappa shape index (κ3) is 2.85. The molecule has 0 unspecified atom stereocenters. The van der Waals surface area contributed by atoms with Crippen molar-refractivity contribution < 1.29 is 19.1 Å². The van der Waals surface area contributed by atoms with Gasteiger partial charge in [0.25, 0.3) is 0 Å². The van der Waals surface area contributed by atoms with E-state index in [2.05, 4.69) is 0 Å². The average molecular weight is 312 g/mol. The molecule has 0 spiro atoms. The van der Waals surface area contributed by atoms with Gasteiger partial charge in [-0.2, -0.15) is 0 Å². The topological polar surface area (TPSA) is 74.6 Å². The fourth-order valence-corrected chi connectivity index (χ4v) is 6.07. The zero-order chi connectivity index (χ0) is 16.7. The SMILES string of the molecule is CC(C)(C)C(c1ccc(C=O)cc1)(C(C)(C)C)P(=O)(O)O. The lowest BCUT2D eigenvalue weighted by molar-refractivity contribution is 0.0984. The molecule has 0 aliphatic rings. The van der Waals surface area contributed by atoms with Crippen LogP contribution in [0.25, 0.3) is 0 Å². The van der Waals surface area contributed by atoms with Crippen LogP contribution in [0.4, 0.5) is 0 Å². The van der Waals surface area contributed by atoms with E-state index < -0.39 is 23.6 Å².